The van der Waals surface area contributed by atoms with Crippen LogP contribution < -0.4 is 15.4 Å². The predicted molar refractivity (Wildman–Crippen MR) is 133 cm³/mol. The maximum absolute atomic E-state index is 13.3. The molecule has 0 radical (unpaired) electrons. The molecule has 1 atom stereocenters. The van der Waals surface area contributed by atoms with Gasteiger partial charge in [0, 0.05) is 36.4 Å². The third kappa shape index (κ3) is 5.89. The molecule has 5 nitrogen and oxygen atoms in total. The molecule has 1 amide bonds. The number of ether oxygens (including phenoxy) is 1. The molecule has 2 N–H and O–H groups in total. The minimum atomic E-state index is -0.0854. The number of carbonyl (C=O) groups is 1. The van der Waals surface area contributed by atoms with Crippen molar-refractivity contribution in [3.05, 3.63) is 83.4 Å². The van der Waals surface area contributed by atoms with Crippen molar-refractivity contribution in [2.24, 2.45) is 0 Å². The molecule has 0 aliphatic carbocycles. The second-order valence-electron chi connectivity index (χ2n) is 8.33. The lowest BCUT2D eigenvalue weighted by Crippen LogP contribution is -2.43. The minimum absolute atomic E-state index is 0.00454. The highest BCUT2D eigenvalue weighted by atomic mass is 16.5. The largest absolute Gasteiger partial charge is 0.496 e. The molecule has 3 aromatic carbocycles. The van der Waals surface area contributed by atoms with E-state index in [4.69, 9.17) is 4.74 Å². The second-order valence-corrected chi connectivity index (χ2v) is 8.33. The van der Waals surface area contributed by atoms with E-state index in [-0.39, 0.29) is 11.9 Å². The maximum atomic E-state index is 13.3. The summed E-state index contributed by atoms with van der Waals surface area (Å²) in [5.74, 6) is 0.736. The molecule has 0 saturated heterocycles. The van der Waals surface area contributed by atoms with Crippen LogP contribution in [0.2, 0.25) is 0 Å². The quantitative estimate of drug-likeness (QED) is 0.519. The summed E-state index contributed by atoms with van der Waals surface area (Å²) in [5, 5.41) is 6.42. The van der Waals surface area contributed by atoms with Gasteiger partial charge >= 0.3 is 0 Å². The van der Waals surface area contributed by atoms with Crippen LogP contribution in [0.15, 0.2) is 66.7 Å². The molecular weight excluding hydrogens is 398 g/mol. The summed E-state index contributed by atoms with van der Waals surface area (Å²) in [6, 6.07) is 22.2. The first kappa shape index (κ1) is 23.4. The number of anilines is 1. The lowest BCUT2D eigenvalue weighted by molar-refractivity contribution is 0.0930. The molecule has 0 bridgehead atoms. The monoisotopic (exact) mass is 431 g/mol. The number of para-hydroxylation sites is 1. The predicted octanol–water partition coefficient (Wildman–Crippen LogP) is 4.62. The van der Waals surface area contributed by atoms with E-state index in [2.05, 4.69) is 27.7 Å². The molecule has 0 heterocycles. The number of nitrogens with zero attached hydrogens (tertiary/aromatic N) is 1. The number of likely N-dealkylation sites (N-methyl/N-ethyl adjacent to an activating group) is 1. The smallest absolute Gasteiger partial charge is 0.251 e. The minimum Gasteiger partial charge on any atom is -0.496 e. The highest BCUT2D eigenvalue weighted by molar-refractivity contribution is 5.97. The summed E-state index contributed by atoms with van der Waals surface area (Å²) in [6.07, 6.45) is 0.773. The Balaban J connectivity index is 1.91. The second kappa shape index (κ2) is 10.8. The lowest BCUT2D eigenvalue weighted by Gasteiger charge is -2.23. The summed E-state index contributed by atoms with van der Waals surface area (Å²) >= 11 is 0. The molecule has 168 valence electrons. The van der Waals surface area contributed by atoms with Crippen molar-refractivity contribution < 1.29 is 9.53 Å². The van der Waals surface area contributed by atoms with E-state index < -0.39 is 0 Å². The van der Waals surface area contributed by atoms with Gasteiger partial charge < -0.3 is 20.3 Å². The van der Waals surface area contributed by atoms with Crippen LogP contribution in [0, 0.1) is 6.92 Å². The summed E-state index contributed by atoms with van der Waals surface area (Å²) in [6.45, 7) is 2.78. The first-order chi connectivity index (χ1) is 15.4. The summed E-state index contributed by atoms with van der Waals surface area (Å²) in [4.78, 5) is 15.4. The lowest BCUT2D eigenvalue weighted by atomic mass is 9.98. The van der Waals surface area contributed by atoms with Crippen LogP contribution in [0.3, 0.4) is 0 Å². The average molecular weight is 432 g/mol. The molecule has 3 aromatic rings. The van der Waals surface area contributed by atoms with Crippen molar-refractivity contribution in [1.82, 2.24) is 10.2 Å². The van der Waals surface area contributed by atoms with Gasteiger partial charge in [0.25, 0.3) is 5.91 Å². The van der Waals surface area contributed by atoms with Crippen LogP contribution in [0.1, 0.15) is 21.5 Å². The standard InChI is InChI=1S/C27H33N3O2/c1-19-10-9-13-25(26(19)32-5)21-15-22(17-23(16-21)28-2)27(31)29-24(18-30(3)4)14-20-11-7-6-8-12-20/h6-13,15-17,24,28H,14,18H2,1-5H3,(H,29,31)/t24-/m0/s1. The molecule has 3 rings (SSSR count). The highest BCUT2D eigenvalue weighted by Gasteiger charge is 2.18. The zero-order chi connectivity index (χ0) is 23.1. The number of carbonyl (C=O) groups excluding carboxylic acids is 1. The van der Waals surface area contributed by atoms with Crippen molar-refractivity contribution in [1.29, 1.82) is 0 Å². The van der Waals surface area contributed by atoms with Gasteiger partial charge in [-0.3, -0.25) is 4.79 Å². The van der Waals surface area contributed by atoms with E-state index in [1.165, 1.54) is 5.56 Å². The van der Waals surface area contributed by atoms with E-state index >= 15 is 0 Å². The molecular formula is C27H33N3O2. The SMILES string of the molecule is CNc1cc(C(=O)N[C@@H](Cc2ccccc2)CN(C)C)cc(-c2cccc(C)c2OC)c1. The Kier molecular flexibility index (Phi) is 7.90. The molecule has 32 heavy (non-hydrogen) atoms. The highest BCUT2D eigenvalue weighted by Crippen LogP contribution is 2.34. The molecule has 0 unspecified atom stereocenters. The number of rotatable bonds is 9. The fraction of sp³-hybridized carbons (Fsp3) is 0.296. The molecule has 0 aromatic heterocycles. The summed E-state index contributed by atoms with van der Waals surface area (Å²) in [7, 11) is 7.58. The first-order valence-electron chi connectivity index (χ1n) is 10.9. The van der Waals surface area contributed by atoms with Crippen molar-refractivity contribution in [3.63, 3.8) is 0 Å². The van der Waals surface area contributed by atoms with E-state index in [9.17, 15) is 4.79 Å². The fourth-order valence-electron chi connectivity index (χ4n) is 3.98. The van der Waals surface area contributed by atoms with Crippen molar-refractivity contribution in [3.8, 4) is 16.9 Å². The Labute approximate surface area is 191 Å². The average Bonchev–Trinajstić information content (AvgIpc) is 2.78. The Morgan fingerprint density at radius 3 is 2.44 bits per heavy atom. The fourth-order valence-corrected chi connectivity index (χ4v) is 3.98. The van der Waals surface area contributed by atoms with Gasteiger partial charge in [-0.05, 0) is 62.3 Å². The topological polar surface area (TPSA) is 53.6 Å². The number of nitrogens with one attached hydrogen (secondary N) is 2. The van der Waals surface area contributed by atoms with Crippen molar-refractivity contribution >= 4 is 11.6 Å². The van der Waals surface area contributed by atoms with Gasteiger partial charge in [0.1, 0.15) is 5.75 Å². The molecule has 5 heteroatoms. The number of aryl methyl sites for hydroxylation is 1. The van der Waals surface area contributed by atoms with Gasteiger partial charge in [-0.15, -0.1) is 0 Å². The van der Waals surface area contributed by atoms with E-state index in [1.54, 1.807) is 7.11 Å². The molecule has 0 aliphatic heterocycles. The van der Waals surface area contributed by atoms with Crippen LogP contribution in [0.4, 0.5) is 5.69 Å². The van der Waals surface area contributed by atoms with Gasteiger partial charge in [-0.2, -0.15) is 0 Å². The normalized spacial score (nSPS) is 11.8. The van der Waals surface area contributed by atoms with Gasteiger partial charge in [0.15, 0.2) is 0 Å². The van der Waals surface area contributed by atoms with Crippen LogP contribution >= 0.6 is 0 Å². The van der Waals surface area contributed by atoms with E-state index in [1.807, 2.05) is 82.7 Å². The van der Waals surface area contributed by atoms with Gasteiger partial charge in [-0.25, -0.2) is 0 Å². The Morgan fingerprint density at radius 1 is 1.03 bits per heavy atom. The first-order valence-corrected chi connectivity index (χ1v) is 10.9. The number of benzene rings is 3. The van der Waals surface area contributed by atoms with Gasteiger partial charge in [-0.1, -0.05) is 48.5 Å². The number of methoxy groups -OCH3 is 1. The molecule has 0 aliphatic rings. The number of hydrogen-bond acceptors (Lipinski definition) is 4. The van der Waals surface area contributed by atoms with Crippen molar-refractivity contribution in [2.45, 2.75) is 19.4 Å². The summed E-state index contributed by atoms with van der Waals surface area (Å²) in [5.41, 5.74) is 5.66. The maximum Gasteiger partial charge on any atom is 0.251 e. The third-order valence-electron chi connectivity index (χ3n) is 5.46. The third-order valence-corrected chi connectivity index (χ3v) is 5.46. The van der Waals surface area contributed by atoms with Crippen LogP contribution in [0.5, 0.6) is 5.75 Å². The summed E-state index contributed by atoms with van der Waals surface area (Å²) < 4.78 is 5.65. The molecule has 0 fully saturated rings. The van der Waals surface area contributed by atoms with Gasteiger partial charge in [0.05, 0.1) is 7.11 Å². The zero-order valence-corrected chi connectivity index (χ0v) is 19.6. The van der Waals surface area contributed by atoms with Gasteiger partial charge in [0.2, 0.25) is 0 Å². The van der Waals surface area contributed by atoms with E-state index in [0.29, 0.717) is 5.56 Å². The molecule has 0 spiro atoms. The van der Waals surface area contributed by atoms with Crippen LogP contribution in [-0.2, 0) is 6.42 Å². The molecule has 0 saturated carbocycles. The van der Waals surface area contributed by atoms with Crippen molar-refractivity contribution in [2.75, 3.05) is 40.1 Å². The van der Waals surface area contributed by atoms with Crippen LogP contribution in [-0.4, -0.2) is 51.6 Å². The number of amides is 1. The van der Waals surface area contributed by atoms with E-state index in [0.717, 1.165) is 41.1 Å². The zero-order valence-electron chi connectivity index (χ0n) is 19.6. The number of hydrogen-bond donors (Lipinski definition) is 2. The Hall–Kier alpha value is -3.31. The Morgan fingerprint density at radius 2 is 1.78 bits per heavy atom. The van der Waals surface area contributed by atoms with Crippen LogP contribution in [0.25, 0.3) is 11.1 Å². The Bertz CT molecular complexity index is 1050.